The van der Waals surface area contributed by atoms with Gasteiger partial charge in [-0.15, -0.1) is 5.06 Å². The summed E-state index contributed by atoms with van der Waals surface area (Å²) in [6, 6.07) is 5.41. The summed E-state index contributed by atoms with van der Waals surface area (Å²) in [6.45, 7) is 1.50. The lowest BCUT2D eigenvalue weighted by Gasteiger charge is -2.24. The highest BCUT2D eigenvalue weighted by molar-refractivity contribution is 5.89. The fourth-order valence-electron chi connectivity index (χ4n) is 1.85. The molecule has 1 aromatic rings. The highest BCUT2D eigenvalue weighted by atomic mass is 16.7. The van der Waals surface area contributed by atoms with Gasteiger partial charge in [0.25, 0.3) is 5.69 Å². The van der Waals surface area contributed by atoms with Gasteiger partial charge in [0, 0.05) is 25.2 Å². The van der Waals surface area contributed by atoms with Crippen molar-refractivity contribution in [3.63, 3.8) is 0 Å². The molecule has 2 rings (SSSR count). The molecule has 1 fully saturated rings. The van der Waals surface area contributed by atoms with Gasteiger partial charge in [0.1, 0.15) is 0 Å². The zero-order chi connectivity index (χ0) is 13.0. The minimum atomic E-state index is -0.500. The molecule has 1 saturated heterocycles. The smallest absolute Gasteiger partial charge is 0.357 e. The van der Waals surface area contributed by atoms with Crippen molar-refractivity contribution >= 4 is 11.7 Å². The average Bonchev–Trinajstić information content (AvgIpc) is 2.40. The second-order valence-electron chi connectivity index (χ2n) is 4.17. The molecule has 0 spiro atoms. The van der Waals surface area contributed by atoms with Crippen LogP contribution in [0.25, 0.3) is 0 Å². The number of hydrogen-bond donors (Lipinski definition) is 0. The molecule has 0 bridgehead atoms. The van der Waals surface area contributed by atoms with E-state index in [4.69, 9.17) is 4.84 Å². The second kappa shape index (κ2) is 5.59. The molecule has 0 radical (unpaired) electrons. The number of piperidine rings is 1. The lowest BCUT2D eigenvalue weighted by molar-refractivity contribution is -0.384. The molecule has 18 heavy (non-hydrogen) atoms. The molecule has 1 aliphatic heterocycles. The number of nitro groups is 1. The maximum absolute atomic E-state index is 11.8. The number of nitrogens with zero attached hydrogens (tertiary/aromatic N) is 2. The van der Waals surface area contributed by atoms with Crippen LogP contribution in [0, 0.1) is 10.1 Å². The van der Waals surface area contributed by atoms with Crippen LogP contribution in [-0.2, 0) is 4.84 Å². The summed E-state index contributed by atoms with van der Waals surface area (Å²) in [5.41, 5.74) is 0.288. The molecule has 1 aliphatic rings. The van der Waals surface area contributed by atoms with Gasteiger partial charge in [-0.2, -0.15) is 0 Å². The Morgan fingerprint density at radius 2 is 1.78 bits per heavy atom. The normalized spacial score (nSPS) is 16.2. The molecule has 6 nitrogen and oxygen atoms in total. The van der Waals surface area contributed by atoms with Crippen LogP contribution in [0.3, 0.4) is 0 Å². The van der Waals surface area contributed by atoms with Gasteiger partial charge in [0.05, 0.1) is 10.5 Å². The van der Waals surface area contributed by atoms with Crippen LogP contribution in [0.2, 0.25) is 0 Å². The summed E-state index contributed by atoms with van der Waals surface area (Å²) in [5.74, 6) is -0.466. The van der Waals surface area contributed by atoms with Crippen LogP contribution < -0.4 is 0 Å². The van der Waals surface area contributed by atoms with Gasteiger partial charge in [0.2, 0.25) is 0 Å². The van der Waals surface area contributed by atoms with E-state index in [1.807, 2.05) is 0 Å². The lowest BCUT2D eigenvalue weighted by Crippen LogP contribution is -2.32. The highest BCUT2D eigenvalue weighted by Gasteiger charge is 2.17. The van der Waals surface area contributed by atoms with Crippen LogP contribution >= 0.6 is 0 Å². The van der Waals surface area contributed by atoms with E-state index in [0.717, 1.165) is 32.4 Å². The van der Waals surface area contributed by atoms with Gasteiger partial charge < -0.3 is 4.84 Å². The standard InChI is InChI=1S/C12H14N2O4/c15-12(18-13-8-2-1-3-9-13)10-4-6-11(7-5-10)14(16)17/h4-7H,1-3,8-9H2. The van der Waals surface area contributed by atoms with E-state index in [0.29, 0.717) is 5.56 Å². The van der Waals surface area contributed by atoms with E-state index in [-0.39, 0.29) is 5.69 Å². The van der Waals surface area contributed by atoms with Gasteiger partial charge in [-0.25, -0.2) is 4.79 Å². The van der Waals surface area contributed by atoms with E-state index in [2.05, 4.69) is 0 Å². The molecular weight excluding hydrogens is 236 g/mol. The van der Waals surface area contributed by atoms with E-state index in [1.165, 1.54) is 24.3 Å². The number of carbonyl (C=O) groups is 1. The van der Waals surface area contributed by atoms with Gasteiger partial charge in [-0.1, -0.05) is 6.42 Å². The van der Waals surface area contributed by atoms with Gasteiger partial charge >= 0.3 is 5.97 Å². The zero-order valence-electron chi connectivity index (χ0n) is 9.87. The Morgan fingerprint density at radius 1 is 1.17 bits per heavy atom. The van der Waals surface area contributed by atoms with Gasteiger partial charge in [0.15, 0.2) is 0 Å². The maximum atomic E-state index is 11.8. The predicted molar refractivity (Wildman–Crippen MR) is 63.9 cm³/mol. The second-order valence-corrected chi connectivity index (χ2v) is 4.17. The predicted octanol–water partition coefficient (Wildman–Crippen LogP) is 2.15. The first-order chi connectivity index (χ1) is 8.66. The summed E-state index contributed by atoms with van der Waals surface area (Å²) < 4.78 is 0. The van der Waals surface area contributed by atoms with Crippen molar-refractivity contribution < 1.29 is 14.6 Å². The number of hydrogen-bond acceptors (Lipinski definition) is 5. The molecule has 1 aromatic carbocycles. The van der Waals surface area contributed by atoms with Crippen molar-refractivity contribution in [1.29, 1.82) is 0 Å². The first-order valence-corrected chi connectivity index (χ1v) is 5.88. The molecule has 0 amide bonds. The monoisotopic (exact) mass is 250 g/mol. The summed E-state index contributed by atoms with van der Waals surface area (Å²) in [5, 5.41) is 12.1. The Hall–Kier alpha value is -1.95. The van der Waals surface area contributed by atoms with Gasteiger partial charge in [-0.05, 0) is 25.0 Å². The van der Waals surface area contributed by atoms with Gasteiger partial charge in [-0.3, -0.25) is 10.1 Å². The van der Waals surface area contributed by atoms with Crippen molar-refractivity contribution in [3.05, 3.63) is 39.9 Å². The SMILES string of the molecule is O=C(ON1CCCCC1)c1ccc([N+](=O)[O-])cc1. The molecule has 0 aromatic heterocycles. The largest absolute Gasteiger partial charge is 0.364 e. The third-order valence-corrected chi connectivity index (χ3v) is 2.84. The number of nitro benzene ring substituents is 1. The summed E-state index contributed by atoms with van der Waals surface area (Å²) >= 11 is 0. The minimum Gasteiger partial charge on any atom is -0.364 e. The summed E-state index contributed by atoms with van der Waals surface area (Å²) in [6.07, 6.45) is 3.20. The van der Waals surface area contributed by atoms with E-state index < -0.39 is 10.9 Å². The first kappa shape index (κ1) is 12.5. The van der Waals surface area contributed by atoms with Crippen molar-refractivity contribution in [2.24, 2.45) is 0 Å². The van der Waals surface area contributed by atoms with Crippen LogP contribution in [0.5, 0.6) is 0 Å². The Morgan fingerprint density at radius 3 is 2.33 bits per heavy atom. The van der Waals surface area contributed by atoms with E-state index in [9.17, 15) is 14.9 Å². The van der Waals surface area contributed by atoms with Crippen molar-refractivity contribution in [1.82, 2.24) is 5.06 Å². The molecule has 1 heterocycles. The number of hydroxylamine groups is 2. The maximum Gasteiger partial charge on any atom is 0.357 e. The number of benzene rings is 1. The molecule has 0 saturated carbocycles. The fourth-order valence-corrected chi connectivity index (χ4v) is 1.85. The number of carbonyl (C=O) groups excluding carboxylic acids is 1. The highest BCUT2D eigenvalue weighted by Crippen LogP contribution is 2.14. The van der Waals surface area contributed by atoms with Crippen LogP contribution in [0.4, 0.5) is 5.69 Å². The summed E-state index contributed by atoms with van der Waals surface area (Å²) in [4.78, 5) is 26.9. The molecule has 0 N–H and O–H groups in total. The topological polar surface area (TPSA) is 72.7 Å². The Balaban J connectivity index is 1.97. The quantitative estimate of drug-likeness (QED) is 0.607. The van der Waals surface area contributed by atoms with Crippen molar-refractivity contribution in [3.8, 4) is 0 Å². The third-order valence-electron chi connectivity index (χ3n) is 2.84. The third kappa shape index (κ3) is 3.04. The van der Waals surface area contributed by atoms with Crippen LogP contribution in [-0.4, -0.2) is 29.0 Å². The van der Waals surface area contributed by atoms with E-state index in [1.54, 1.807) is 5.06 Å². The van der Waals surface area contributed by atoms with Crippen LogP contribution in [0.15, 0.2) is 24.3 Å². The minimum absolute atomic E-state index is 0.0375. The molecule has 6 heteroatoms. The van der Waals surface area contributed by atoms with Crippen molar-refractivity contribution in [2.45, 2.75) is 19.3 Å². The molecule has 0 aliphatic carbocycles. The zero-order valence-corrected chi connectivity index (χ0v) is 9.87. The Bertz CT molecular complexity index is 438. The molecule has 0 unspecified atom stereocenters. The lowest BCUT2D eigenvalue weighted by atomic mass is 10.2. The Labute approximate surface area is 104 Å². The van der Waals surface area contributed by atoms with E-state index >= 15 is 0 Å². The van der Waals surface area contributed by atoms with Crippen LogP contribution in [0.1, 0.15) is 29.6 Å². The molecule has 96 valence electrons. The molecule has 0 atom stereocenters. The number of rotatable bonds is 3. The average molecular weight is 250 g/mol. The Kier molecular flexibility index (Phi) is 3.88. The van der Waals surface area contributed by atoms with Crippen molar-refractivity contribution in [2.75, 3.05) is 13.1 Å². The fraction of sp³-hybridized carbons (Fsp3) is 0.417. The molecular formula is C12H14N2O4. The number of non-ortho nitro benzene ring substituents is 1. The summed E-state index contributed by atoms with van der Waals surface area (Å²) in [7, 11) is 0. The first-order valence-electron chi connectivity index (χ1n) is 5.88.